The van der Waals surface area contributed by atoms with Crippen LogP contribution in [0, 0.1) is 6.92 Å². The lowest BCUT2D eigenvalue weighted by atomic mass is 9.95. The minimum absolute atomic E-state index is 0.137. The van der Waals surface area contributed by atoms with Crippen molar-refractivity contribution >= 4 is 20.7 Å². The Hall–Kier alpha value is -0.760. The van der Waals surface area contributed by atoms with Gasteiger partial charge in [-0.15, -0.1) is 3.77 Å². The molecule has 2 unspecified atom stereocenters. The molecule has 0 amide bonds. The van der Waals surface area contributed by atoms with Crippen molar-refractivity contribution in [3.05, 3.63) is 29.8 Å². The molecule has 2 bridgehead atoms. The lowest BCUT2D eigenvalue weighted by molar-refractivity contribution is 0.0895. The summed E-state index contributed by atoms with van der Waals surface area (Å²) in [7, 11) is -4.59. The summed E-state index contributed by atoms with van der Waals surface area (Å²) in [5.74, 6) is 0. The van der Waals surface area contributed by atoms with E-state index in [-0.39, 0.29) is 15.4 Å². The van der Waals surface area contributed by atoms with Gasteiger partial charge in [-0.05, 0) is 44.7 Å². The molecule has 2 aliphatic rings. The molecule has 0 spiro atoms. The summed E-state index contributed by atoms with van der Waals surface area (Å²) >= 11 is 0. The van der Waals surface area contributed by atoms with Crippen LogP contribution in [0.15, 0.2) is 32.9 Å². The van der Waals surface area contributed by atoms with Gasteiger partial charge >= 0.3 is 0 Å². The van der Waals surface area contributed by atoms with Crippen LogP contribution in [-0.4, -0.2) is 41.3 Å². The summed E-state index contributed by atoms with van der Waals surface area (Å²) in [6.45, 7) is 1.90. The molecule has 0 saturated carbocycles. The zero-order valence-electron chi connectivity index (χ0n) is 12.4. The first-order valence-corrected chi connectivity index (χ1v) is 10.3. The molecule has 2 fully saturated rings. The van der Waals surface area contributed by atoms with Crippen molar-refractivity contribution in [3.63, 3.8) is 0 Å². The van der Waals surface area contributed by atoms with Gasteiger partial charge in [0.25, 0.3) is 10.0 Å². The number of hydrogen-bond acceptors (Lipinski definition) is 4. The molecule has 0 aliphatic carbocycles. The lowest BCUT2D eigenvalue weighted by Gasteiger charge is -2.42. The Morgan fingerprint density at radius 3 is 2.00 bits per heavy atom. The minimum Gasteiger partial charge on any atom is -0.392 e. The Morgan fingerprint density at radius 2 is 1.50 bits per heavy atom. The summed E-state index contributed by atoms with van der Waals surface area (Å²) in [4.78, 5) is 0.179. The van der Waals surface area contributed by atoms with E-state index < -0.39 is 32.9 Å². The van der Waals surface area contributed by atoms with Gasteiger partial charge in [0.05, 0.1) is 17.1 Å². The molecule has 22 heavy (non-hydrogen) atoms. The van der Waals surface area contributed by atoms with Gasteiger partial charge in [0.15, 0.2) is 0 Å². The number of aliphatic hydroxyl groups is 2. The molecule has 5 nitrogen and oxygen atoms in total. The molecule has 2 N–H and O–H groups in total. The average Bonchev–Trinajstić information content (AvgIpc) is 2.45. The van der Waals surface area contributed by atoms with Crippen LogP contribution >= 0.6 is 0 Å². The highest BCUT2D eigenvalue weighted by Gasteiger charge is 2.42. The molecule has 1 aromatic rings. The van der Waals surface area contributed by atoms with Crippen LogP contribution in [0.25, 0.3) is 0 Å². The van der Waals surface area contributed by atoms with E-state index in [9.17, 15) is 18.6 Å². The van der Waals surface area contributed by atoms with Crippen molar-refractivity contribution in [1.29, 1.82) is 0 Å². The summed E-state index contributed by atoms with van der Waals surface area (Å²) in [6, 6.07) is 6.61. The first-order valence-electron chi connectivity index (χ1n) is 7.51. The number of aryl methyl sites for hydroxylation is 1. The van der Waals surface area contributed by atoms with Crippen LogP contribution in [0.4, 0.5) is 0 Å². The Bertz CT molecular complexity index is 664. The highest BCUT2D eigenvalue weighted by atomic mass is 32.3. The molecule has 122 valence electrons. The van der Waals surface area contributed by atoms with Crippen LogP contribution < -0.4 is 0 Å². The van der Waals surface area contributed by atoms with Crippen LogP contribution in [0.3, 0.4) is 0 Å². The zero-order valence-corrected chi connectivity index (χ0v) is 14.1. The second-order valence-corrected chi connectivity index (χ2v) is 10.00. The van der Waals surface area contributed by atoms with Crippen LogP contribution in [0.5, 0.6) is 0 Å². The molecular formula is C15H21NO4S2. The fourth-order valence-electron chi connectivity index (χ4n) is 3.19. The number of benzene rings is 1. The molecule has 2 heterocycles. The summed E-state index contributed by atoms with van der Waals surface area (Å²) < 4.78 is 29.2. The fourth-order valence-corrected chi connectivity index (χ4v) is 7.93. The molecule has 4 atom stereocenters. The maximum absolute atomic E-state index is 12.5. The Labute approximate surface area is 133 Å². The molecule has 0 aromatic heterocycles. The molecule has 7 heteroatoms. The van der Waals surface area contributed by atoms with Crippen LogP contribution in [0.1, 0.15) is 31.2 Å². The van der Waals surface area contributed by atoms with E-state index >= 15 is 0 Å². The van der Waals surface area contributed by atoms with Crippen molar-refractivity contribution in [2.45, 2.75) is 60.2 Å². The van der Waals surface area contributed by atoms with Gasteiger partial charge in [0.2, 0.25) is 0 Å². The van der Waals surface area contributed by atoms with Crippen molar-refractivity contribution in [1.82, 2.24) is 0 Å². The van der Waals surface area contributed by atoms with Gasteiger partial charge in [-0.1, -0.05) is 28.4 Å². The maximum Gasteiger partial charge on any atom is 0.287 e. The lowest BCUT2D eigenvalue weighted by Crippen LogP contribution is -2.50. The second-order valence-electron chi connectivity index (χ2n) is 6.08. The van der Waals surface area contributed by atoms with Gasteiger partial charge in [0, 0.05) is 10.5 Å². The highest BCUT2D eigenvalue weighted by molar-refractivity contribution is 8.00. The number of fused-ring (bicyclic) bond motifs is 2. The molecule has 3 rings (SSSR count). The van der Waals surface area contributed by atoms with Gasteiger partial charge < -0.3 is 10.2 Å². The maximum atomic E-state index is 12.5. The van der Waals surface area contributed by atoms with E-state index in [0.29, 0.717) is 25.7 Å². The normalized spacial score (nSPS) is 35.1. The van der Waals surface area contributed by atoms with E-state index in [1.165, 1.54) is 0 Å². The molecule has 0 radical (unpaired) electrons. The predicted molar refractivity (Wildman–Crippen MR) is 86.2 cm³/mol. The molecule has 1 aromatic carbocycles. The summed E-state index contributed by atoms with van der Waals surface area (Å²) in [5, 5.41) is 20.0. The SMILES string of the molecule is Cc1ccc(S(=O)(=O)N=S2C3CC[C@@H](O)C2CC[C@H]3O)cc1. The van der Waals surface area contributed by atoms with Crippen molar-refractivity contribution < 1.29 is 18.6 Å². The fraction of sp³-hybridized carbons (Fsp3) is 0.600. The Balaban J connectivity index is 2.00. The molecular weight excluding hydrogens is 322 g/mol. The van der Waals surface area contributed by atoms with E-state index in [2.05, 4.69) is 3.77 Å². The van der Waals surface area contributed by atoms with Crippen LogP contribution in [0.2, 0.25) is 0 Å². The molecule has 2 aliphatic heterocycles. The topological polar surface area (TPSA) is 87.0 Å². The standard InChI is InChI=1S/C15H21NO4S2/c1-10-2-4-11(5-3-10)22(19,20)16-21-14-8-6-12(17)15(21)9-7-13(14)18/h2-5,12-15,17-18H,6-9H2,1H3/t12-,13-,14?,15?,21?/m1/s1. The quantitative estimate of drug-likeness (QED) is 0.852. The van der Waals surface area contributed by atoms with E-state index in [0.717, 1.165) is 5.56 Å². The summed E-state index contributed by atoms with van der Waals surface area (Å²) in [6.07, 6.45) is 1.49. The second kappa shape index (κ2) is 6.03. The van der Waals surface area contributed by atoms with Gasteiger partial charge in [-0.2, -0.15) is 8.42 Å². The van der Waals surface area contributed by atoms with Gasteiger partial charge in [-0.25, -0.2) is 0 Å². The number of aliphatic hydroxyl groups excluding tert-OH is 2. The Kier molecular flexibility index (Phi) is 4.42. The van der Waals surface area contributed by atoms with Crippen molar-refractivity contribution in [3.8, 4) is 0 Å². The Morgan fingerprint density at radius 1 is 1.00 bits per heavy atom. The van der Waals surface area contributed by atoms with Crippen LogP contribution in [-0.2, 0) is 20.7 Å². The summed E-state index contributed by atoms with van der Waals surface area (Å²) in [5.41, 5.74) is 0.988. The highest BCUT2D eigenvalue weighted by Crippen LogP contribution is 2.36. The van der Waals surface area contributed by atoms with Crippen molar-refractivity contribution in [2.24, 2.45) is 3.77 Å². The third-order valence-corrected chi connectivity index (χ3v) is 9.16. The first-order chi connectivity index (χ1) is 10.4. The van der Waals surface area contributed by atoms with E-state index in [1.54, 1.807) is 24.3 Å². The third-order valence-electron chi connectivity index (χ3n) is 4.48. The van der Waals surface area contributed by atoms with E-state index in [1.807, 2.05) is 6.92 Å². The van der Waals surface area contributed by atoms with E-state index in [4.69, 9.17) is 0 Å². The monoisotopic (exact) mass is 343 g/mol. The van der Waals surface area contributed by atoms with Crippen molar-refractivity contribution in [2.75, 3.05) is 0 Å². The number of hydrogen-bond donors (Lipinski definition) is 2. The number of nitrogens with zero attached hydrogens (tertiary/aromatic N) is 1. The van der Waals surface area contributed by atoms with Gasteiger partial charge in [0.1, 0.15) is 0 Å². The number of rotatable bonds is 2. The zero-order chi connectivity index (χ0) is 15.9. The predicted octanol–water partition coefficient (Wildman–Crippen LogP) is 1.53. The molecule has 2 saturated heterocycles. The average molecular weight is 343 g/mol. The first kappa shape index (κ1) is 16.1. The smallest absolute Gasteiger partial charge is 0.287 e. The minimum atomic E-state index is -3.75. The van der Waals surface area contributed by atoms with Gasteiger partial charge in [-0.3, -0.25) is 0 Å². The number of sulfonamides is 1. The largest absolute Gasteiger partial charge is 0.392 e. The third kappa shape index (κ3) is 2.99.